The van der Waals surface area contributed by atoms with E-state index in [0.29, 0.717) is 0 Å². The molecule has 0 bridgehead atoms. The maximum absolute atomic E-state index is 11.6. The van der Waals surface area contributed by atoms with Crippen molar-refractivity contribution in [3.63, 3.8) is 0 Å². The molecule has 0 radical (unpaired) electrons. The van der Waals surface area contributed by atoms with E-state index in [1.54, 1.807) is 19.1 Å². The third-order valence-corrected chi connectivity index (χ3v) is 2.10. The van der Waals surface area contributed by atoms with Crippen LogP contribution in [0.4, 0.5) is 0 Å². The molecule has 0 saturated carbocycles. The molecule has 1 aromatic rings. The molecular weight excluding hydrogens is 192 g/mol. The zero-order valence-electron chi connectivity index (χ0n) is 8.68. The minimum atomic E-state index is -0.680. The van der Waals surface area contributed by atoms with E-state index < -0.39 is 6.04 Å². The van der Waals surface area contributed by atoms with Crippen molar-refractivity contribution in [2.45, 2.75) is 19.0 Å². The van der Waals surface area contributed by atoms with Gasteiger partial charge in [0.05, 0.1) is 6.61 Å². The maximum Gasteiger partial charge on any atom is 0.241 e. The zero-order valence-corrected chi connectivity index (χ0v) is 8.68. The minimum Gasteiger partial charge on any atom is -0.394 e. The van der Waals surface area contributed by atoms with Gasteiger partial charge in [0.1, 0.15) is 6.04 Å². The van der Waals surface area contributed by atoms with Gasteiger partial charge in [-0.25, -0.2) is 0 Å². The second-order valence-corrected chi connectivity index (χ2v) is 3.48. The Morgan fingerprint density at radius 3 is 2.60 bits per heavy atom. The second kappa shape index (κ2) is 5.48. The van der Waals surface area contributed by atoms with Crippen molar-refractivity contribution in [3.8, 4) is 0 Å². The summed E-state index contributed by atoms with van der Waals surface area (Å²) in [6, 6.07) is 8.18. The van der Waals surface area contributed by atoms with Crippen LogP contribution in [-0.4, -0.2) is 23.7 Å². The largest absolute Gasteiger partial charge is 0.394 e. The Labute approximate surface area is 89.1 Å². The van der Waals surface area contributed by atoms with Crippen LogP contribution in [0.15, 0.2) is 30.3 Å². The molecule has 0 heterocycles. The average Bonchev–Trinajstić information content (AvgIpc) is 2.29. The summed E-state index contributed by atoms with van der Waals surface area (Å²) in [4.78, 5) is 11.6. The fourth-order valence-electron chi connectivity index (χ4n) is 1.19. The Hall–Kier alpha value is -1.39. The van der Waals surface area contributed by atoms with E-state index in [-0.39, 0.29) is 18.6 Å². The van der Waals surface area contributed by atoms with E-state index >= 15 is 0 Å². The highest BCUT2D eigenvalue weighted by atomic mass is 16.3. The summed E-state index contributed by atoms with van der Waals surface area (Å²) in [6.07, 6.45) is 0. The molecule has 1 aromatic carbocycles. The summed E-state index contributed by atoms with van der Waals surface area (Å²) in [6.45, 7) is 1.63. The summed E-state index contributed by atoms with van der Waals surface area (Å²) in [5.74, 6) is -0.275. The number of aliphatic hydroxyl groups is 1. The molecule has 1 rings (SSSR count). The van der Waals surface area contributed by atoms with Gasteiger partial charge in [-0.15, -0.1) is 0 Å². The van der Waals surface area contributed by atoms with Gasteiger partial charge in [-0.1, -0.05) is 30.3 Å². The van der Waals surface area contributed by atoms with E-state index in [2.05, 4.69) is 5.32 Å². The summed E-state index contributed by atoms with van der Waals surface area (Å²) >= 11 is 0. The second-order valence-electron chi connectivity index (χ2n) is 3.48. The van der Waals surface area contributed by atoms with E-state index in [1.807, 2.05) is 18.2 Å². The van der Waals surface area contributed by atoms with Crippen LogP contribution in [-0.2, 0) is 4.79 Å². The number of nitrogens with one attached hydrogen (secondary N) is 1. The van der Waals surface area contributed by atoms with Crippen molar-refractivity contribution in [2.24, 2.45) is 5.73 Å². The molecule has 0 saturated heterocycles. The Morgan fingerprint density at radius 1 is 1.47 bits per heavy atom. The lowest BCUT2D eigenvalue weighted by atomic mass is 10.1. The zero-order chi connectivity index (χ0) is 11.3. The van der Waals surface area contributed by atoms with Crippen LogP contribution >= 0.6 is 0 Å². The SMILES string of the molecule is C[C@H](CO)NC(=O)C(N)c1ccccc1. The van der Waals surface area contributed by atoms with Crippen molar-refractivity contribution in [3.05, 3.63) is 35.9 Å². The van der Waals surface area contributed by atoms with Gasteiger partial charge in [0.2, 0.25) is 5.91 Å². The molecule has 4 heteroatoms. The van der Waals surface area contributed by atoms with Gasteiger partial charge in [0.25, 0.3) is 0 Å². The summed E-state index contributed by atoms with van der Waals surface area (Å²) in [7, 11) is 0. The van der Waals surface area contributed by atoms with Gasteiger partial charge in [-0.2, -0.15) is 0 Å². The van der Waals surface area contributed by atoms with E-state index in [4.69, 9.17) is 10.8 Å². The first-order valence-corrected chi connectivity index (χ1v) is 4.87. The molecule has 1 amide bonds. The Bertz CT molecular complexity index is 314. The normalized spacial score (nSPS) is 14.3. The number of aliphatic hydroxyl groups excluding tert-OH is 1. The Balaban J connectivity index is 2.61. The monoisotopic (exact) mass is 208 g/mol. The number of amides is 1. The smallest absolute Gasteiger partial charge is 0.241 e. The third kappa shape index (κ3) is 3.34. The third-order valence-electron chi connectivity index (χ3n) is 2.10. The molecule has 0 aliphatic carbocycles. The lowest BCUT2D eigenvalue weighted by Gasteiger charge is -2.15. The van der Waals surface area contributed by atoms with Crippen LogP contribution in [0, 0.1) is 0 Å². The molecule has 4 N–H and O–H groups in total. The van der Waals surface area contributed by atoms with E-state index in [9.17, 15) is 4.79 Å². The molecule has 0 aliphatic heterocycles. The summed E-state index contributed by atoms with van der Waals surface area (Å²) in [5.41, 5.74) is 6.51. The van der Waals surface area contributed by atoms with Crippen LogP contribution in [0.3, 0.4) is 0 Å². The fraction of sp³-hybridized carbons (Fsp3) is 0.364. The number of hydrogen-bond acceptors (Lipinski definition) is 3. The standard InChI is InChI=1S/C11H16N2O2/c1-8(7-14)13-11(15)10(12)9-5-3-2-4-6-9/h2-6,8,10,14H,7,12H2,1H3,(H,13,15)/t8-,10?/m1/s1. The van der Waals surface area contributed by atoms with Crippen LogP contribution in [0.1, 0.15) is 18.5 Å². The average molecular weight is 208 g/mol. The minimum absolute atomic E-state index is 0.0900. The van der Waals surface area contributed by atoms with Crippen molar-refractivity contribution < 1.29 is 9.90 Å². The molecule has 15 heavy (non-hydrogen) atoms. The lowest BCUT2D eigenvalue weighted by Crippen LogP contribution is -2.40. The van der Waals surface area contributed by atoms with Crippen LogP contribution in [0.2, 0.25) is 0 Å². The molecule has 0 aromatic heterocycles. The van der Waals surface area contributed by atoms with Crippen LogP contribution in [0.25, 0.3) is 0 Å². The molecule has 82 valence electrons. The Kier molecular flexibility index (Phi) is 4.27. The maximum atomic E-state index is 11.6. The number of benzene rings is 1. The van der Waals surface area contributed by atoms with Crippen molar-refractivity contribution in [1.82, 2.24) is 5.32 Å². The number of rotatable bonds is 4. The number of nitrogens with two attached hydrogens (primary N) is 1. The first-order chi connectivity index (χ1) is 7.15. The lowest BCUT2D eigenvalue weighted by molar-refractivity contribution is -0.123. The molecule has 0 fully saturated rings. The molecule has 0 spiro atoms. The van der Waals surface area contributed by atoms with Crippen molar-refractivity contribution in [2.75, 3.05) is 6.61 Å². The predicted molar refractivity (Wildman–Crippen MR) is 58.1 cm³/mol. The molecule has 4 nitrogen and oxygen atoms in total. The highest BCUT2D eigenvalue weighted by molar-refractivity contribution is 5.83. The van der Waals surface area contributed by atoms with Crippen molar-refractivity contribution >= 4 is 5.91 Å². The van der Waals surface area contributed by atoms with E-state index in [1.165, 1.54) is 0 Å². The Morgan fingerprint density at radius 2 is 2.07 bits per heavy atom. The first-order valence-electron chi connectivity index (χ1n) is 4.87. The molecule has 1 unspecified atom stereocenters. The highest BCUT2D eigenvalue weighted by Crippen LogP contribution is 2.09. The summed E-state index contributed by atoms with van der Waals surface area (Å²) in [5, 5.41) is 11.4. The van der Waals surface area contributed by atoms with Gasteiger partial charge in [-0.3, -0.25) is 4.79 Å². The molecule has 0 aliphatic rings. The predicted octanol–water partition coefficient (Wildman–Crippen LogP) is 0.183. The van der Waals surface area contributed by atoms with Crippen LogP contribution < -0.4 is 11.1 Å². The summed E-state index contributed by atoms with van der Waals surface area (Å²) < 4.78 is 0. The number of carbonyl (C=O) groups excluding carboxylic acids is 1. The fourth-order valence-corrected chi connectivity index (χ4v) is 1.19. The van der Waals surface area contributed by atoms with Gasteiger partial charge in [0.15, 0.2) is 0 Å². The number of carbonyl (C=O) groups is 1. The van der Waals surface area contributed by atoms with E-state index in [0.717, 1.165) is 5.56 Å². The van der Waals surface area contributed by atoms with Gasteiger partial charge in [0, 0.05) is 6.04 Å². The number of hydrogen-bond donors (Lipinski definition) is 3. The van der Waals surface area contributed by atoms with Crippen LogP contribution in [0.5, 0.6) is 0 Å². The van der Waals surface area contributed by atoms with Crippen molar-refractivity contribution in [1.29, 1.82) is 0 Å². The first kappa shape index (κ1) is 11.7. The molecular formula is C11H16N2O2. The van der Waals surface area contributed by atoms with Gasteiger partial charge < -0.3 is 16.2 Å². The highest BCUT2D eigenvalue weighted by Gasteiger charge is 2.16. The quantitative estimate of drug-likeness (QED) is 0.661. The topological polar surface area (TPSA) is 75.3 Å². The molecule has 2 atom stereocenters. The van der Waals surface area contributed by atoms with Gasteiger partial charge >= 0.3 is 0 Å². The van der Waals surface area contributed by atoms with Gasteiger partial charge in [-0.05, 0) is 12.5 Å².